The molecule has 0 aliphatic rings. The van der Waals surface area contributed by atoms with E-state index in [2.05, 4.69) is 59.0 Å². The van der Waals surface area contributed by atoms with Gasteiger partial charge in [-0.05, 0) is 38.9 Å². The number of aromatic nitrogens is 4. The van der Waals surface area contributed by atoms with Gasteiger partial charge in [-0.25, -0.2) is 9.67 Å². The number of benzene rings is 1. The molecule has 3 aromatic rings. The summed E-state index contributed by atoms with van der Waals surface area (Å²) in [6.07, 6.45) is 1.38. The van der Waals surface area contributed by atoms with Crippen LogP contribution in [-0.2, 0) is 18.4 Å². The Balaban J connectivity index is 1.94. The third-order valence-electron chi connectivity index (χ3n) is 4.72. The molecule has 0 aliphatic carbocycles. The van der Waals surface area contributed by atoms with Crippen LogP contribution < -0.4 is 10.9 Å². The molecule has 0 fully saturated rings. The fourth-order valence-electron chi connectivity index (χ4n) is 3.28. The van der Waals surface area contributed by atoms with Crippen molar-refractivity contribution in [2.45, 2.75) is 46.1 Å². The van der Waals surface area contributed by atoms with Gasteiger partial charge in [0.25, 0.3) is 5.56 Å². The minimum absolute atomic E-state index is 0.118. The number of carbonyl (C=O) groups excluding carboxylic acids is 1. The standard InChI is InChI=1S/C20H24BrN5O2/c1-11(2)13-7-6-8-14(12(3)4)17(13)23-15(27)9-26-10-22-19-16(20(26)28)18(21)24-25(19)5/h6-8,10-12H,9H2,1-5H3,(H,23,27). The molecule has 0 aliphatic heterocycles. The zero-order chi connectivity index (χ0) is 20.6. The maximum Gasteiger partial charge on any atom is 0.266 e. The van der Waals surface area contributed by atoms with Crippen LogP contribution in [0.3, 0.4) is 0 Å². The van der Waals surface area contributed by atoms with Crippen LogP contribution in [-0.4, -0.2) is 25.2 Å². The lowest BCUT2D eigenvalue weighted by Gasteiger charge is -2.20. The van der Waals surface area contributed by atoms with Gasteiger partial charge in [-0.3, -0.25) is 14.2 Å². The highest BCUT2D eigenvalue weighted by atomic mass is 79.9. The van der Waals surface area contributed by atoms with Crippen LogP contribution in [0.2, 0.25) is 0 Å². The summed E-state index contributed by atoms with van der Waals surface area (Å²) < 4.78 is 3.25. The lowest BCUT2D eigenvalue weighted by molar-refractivity contribution is -0.116. The number of halogens is 1. The van der Waals surface area contributed by atoms with Crippen molar-refractivity contribution in [3.63, 3.8) is 0 Å². The molecule has 0 radical (unpaired) electrons. The first-order chi connectivity index (χ1) is 13.2. The predicted molar refractivity (Wildman–Crippen MR) is 114 cm³/mol. The summed E-state index contributed by atoms with van der Waals surface area (Å²) in [5.41, 5.74) is 3.16. The van der Waals surface area contributed by atoms with Crippen molar-refractivity contribution in [2.75, 3.05) is 5.32 Å². The number of hydrogen-bond donors (Lipinski definition) is 1. The van der Waals surface area contributed by atoms with Gasteiger partial charge in [0.15, 0.2) is 5.65 Å². The predicted octanol–water partition coefficient (Wildman–Crippen LogP) is 3.78. The van der Waals surface area contributed by atoms with Crippen LogP contribution in [0.25, 0.3) is 11.0 Å². The van der Waals surface area contributed by atoms with E-state index < -0.39 is 0 Å². The zero-order valence-corrected chi connectivity index (χ0v) is 18.2. The number of para-hydroxylation sites is 1. The SMILES string of the molecule is CC(C)c1cccc(C(C)C)c1NC(=O)Cn1cnc2c(c(Br)nn2C)c1=O. The second-order valence-corrected chi connectivity index (χ2v) is 8.21. The van der Waals surface area contributed by atoms with E-state index in [0.29, 0.717) is 15.6 Å². The molecule has 0 saturated carbocycles. The van der Waals surface area contributed by atoms with Gasteiger partial charge in [0.2, 0.25) is 5.91 Å². The normalized spacial score (nSPS) is 11.6. The molecule has 0 spiro atoms. The highest BCUT2D eigenvalue weighted by Gasteiger charge is 2.18. The van der Waals surface area contributed by atoms with Crippen LogP contribution in [0.1, 0.15) is 50.7 Å². The van der Waals surface area contributed by atoms with Gasteiger partial charge in [-0.1, -0.05) is 45.9 Å². The molecule has 7 nitrogen and oxygen atoms in total. The highest BCUT2D eigenvalue weighted by molar-refractivity contribution is 9.10. The average Bonchev–Trinajstić information content (AvgIpc) is 2.91. The molecule has 0 saturated heterocycles. The Hall–Kier alpha value is -2.48. The second-order valence-electron chi connectivity index (χ2n) is 7.46. The van der Waals surface area contributed by atoms with Gasteiger partial charge in [-0.15, -0.1) is 0 Å². The summed E-state index contributed by atoms with van der Waals surface area (Å²) in [7, 11) is 1.72. The topological polar surface area (TPSA) is 81.8 Å². The minimum Gasteiger partial charge on any atom is -0.324 e. The number of fused-ring (bicyclic) bond motifs is 1. The van der Waals surface area contributed by atoms with E-state index in [9.17, 15) is 9.59 Å². The Morgan fingerprint density at radius 1 is 1.18 bits per heavy atom. The number of amides is 1. The monoisotopic (exact) mass is 445 g/mol. The van der Waals surface area contributed by atoms with E-state index in [1.54, 1.807) is 7.05 Å². The summed E-state index contributed by atoms with van der Waals surface area (Å²) in [6.45, 7) is 8.26. The maximum absolute atomic E-state index is 12.8. The molecule has 2 aromatic heterocycles. The van der Waals surface area contributed by atoms with Gasteiger partial charge in [0, 0.05) is 12.7 Å². The summed E-state index contributed by atoms with van der Waals surface area (Å²) in [4.78, 5) is 29.8. The number of carbonyl (C=O) groups is 1. The lowest BCUT2D eigenvalue weighted by Crippen LogP contribution is -2.28. The minimum atomic E-state index is -0.304. The van der Waals surface area contributed by atoms with Crippen molar-refractivity contribution < 1.29 is 4.79 Å². The molecular formula is C20H24BrN5O2. The van der Waals surface area contributed by atoms with E-state index >= 15 is 0 Å². The molecule has 28 heavy (non-hydrogen) atoms. The van der Waals surface area contributed by atoms with Crippen LogP contribution in [0.4, 0.5) is 5.69 Å². The third kappa shape index (κ3) is 3.73. The molecule has 1 aromatic carbocycles. The zero-order valence-electron chi connectivity index (χ0n) is 16.7. The first-order valence-corrected chi connectivity index (χ1v) is 10.00. The number of aryl methyl sites for hydroxylation is 1. The molecular weight excluding hydrogens is 422 g/mol. The smallest absolute Gasteiger partial charge is 0.266 e. The third-order valence-corrected chi connectivity index (χ3v) is 5.27. The van der Waals surface area contributed by atoms with Gasteiger partial charge in [0.05, 0.1) is 0 Å². The van der Waals surface area contributed by atoms with Gasteiger partial charge in [-0.2, -0.15) is 5.10 Å². The molecule has 0 unspecified atom stereocenters. The van der Waals surface area contributed by atoms with Gasteiger partial charge >= 0.3 is 0 Å². The second kappa shape index (κ2) is 7.87. The number of nitrogens with zero attached hydrogens (tertiary/aromatic N) is 4. The van der Waals surface area contributed by atoms with Crippen molar-refractivity contribution in [1.82, 2.24) is 19.3 Å². The van der Waals surface area contributed by atoms with Crippen molar-refractivity contribution in [3.05, 3.63) is 50.6 Å². The first-order valence-electron chi connectivity index (χ1n) is 9.21. The maximum atomic E-state index is 12.8. The molecule has 148 valence electrons. The van der Waals surface area contributed by atoms with Crippen molar-refractivity contribution >= 4 is 38.6 Å². The molecule has 2 heterocycles. The van der Waals surface area contributed by atoms with E-state index in [1.165, 1.54) is 15.6 Å². The summed E-state index contributed by atoms with van der Waals surface area (Å²) in [5.74, 6) is 0.264. The molecule has 3 rings (SSSR count). The van der Waals surface area contributed by atoms with E-state index in [0.717, 1.165) is 16.8 Å². The molecule has 1 amide bonds. The number of nitrogens with one attached hydrogen (secondary N) is 1. The Morgan fingerprint density at radius 2 is 1.79 bits per heavy atom. The van der Waals surface area contributed by atoms with Gasteiger partial charge < -0.3 is 5.32 Å². The quantitative estimate of drug-likeness (QED) is 0.647. The molecule has 1 N–H and O–H groups in total. The number of rotatable bonds is 5. The average molecular weight is 446 g/mol. The van der Waals surface area contributed by atoms with E-state index in [1.807, 2.05) is 18.2 Å². The van der Waals surface area contributed by atoms with Crippen molar-refractivity contribution in [2.24, 2.45) is 7.05 Å². The molecule has 0 atom stereocenters. The van der Waals surface area contributed by atoms with Crippen LogP contribution >= 0.6 is 15.9 Å². The highest BCUT2D eigenvalue weighted by Crippen LogP contribution is 2.32. The summed E-state index contributed by atoms with van der Waals surface area (Å²) >= 11 is 3.29. The lowest BCUT2D eigenvalue weighted by atomic mass is 9.92. The molecule has 0 bridgehead atoms. The Labute approximate surface area is 171 Å². The largest absolute Gasteiger partial charge is 0.324 e. The molecule has 8 heteroatoms. The fraction of sp³-hybridized carbons (Fsp3) is 0.400. The van der Waals surface area contributed by atoms with Crippen LogP contribution in [0.5, 0.6) is 0 Å². The number of hydrogen-bond acceptors (Lipinski definition) is 4. The van der Waals surface area contributed by atoms with Crippen LogP contribution in [0, 0.1) is 0 Å². The van der Waals surface area contributed by atoms with Crippen LogP contribution in [0.15, 0.2) is 33.9 Å². The Morgan fingerprint density at radius 3 is 2.36 bits per heavy atom. The summed E-state index contributed by atoms with van der Waals surface area (Å²) in [5, 5.41) is 7.55. The van der Waals surface area contributed by atoms with Crippen molar-refractivity contribution in [1.29, 1.82) is 0 Å². The van der Waals surface area contributed by atoms with E-state index in [4.69, 9.17) is 0 Å². The fourth-order valence-corrected chi connectivity index (χ4v) is 3.86. The Bertz CT molecular complexity index is 1070. The first kappa shape index (κ1) is 20.3. The van der Waals surface area contributed by atoms with Gasteiger partial charge in [0.1, 0.15) is 22.9 Å². The van der Waals surface area contributed by atoms with Crippen molar-refractivity contribution in [3.8, 4) is 0 Å². The Kier molecular flexibility index (Phi) is 5.69. The number of anilines is 1. The summed E-state index contributed by atoms with van der Waals surface area (Å²) in [6, 6.07) is 6.07. The van der Waals surface area contributed by atoms with E-state index in [-0.39, 0.29) is 29.8 Å².